The fourth-order valence-electron chi connectivity index (χ4n) is 1.11. The van der Waals surface area contributed by atoms with Gasteiger partial charge in [0, 0.05) is 17.2 Å². The van der Waals surface area contributed by atoms with Gasteiger partial charge in [-0.25, -0.2) is 4.98 Å². The maximum absolute atomic E-state index is 11.6. The molecule has 0 unspecified atom stereocenters. The molecule has 1 amide bonds. The molecule has 0 spiro atoms. The van der Waals surface area contributed by atoms with E-state index in [1.165, 1.54) is 0 Å². The summed E-state index contributed by atoms with van der Waals surface area (Å²) >= 11 is 3.28. The normalized spacial score (nSPS) is 10.0. The third-order valence-electron chi connectivity index (χ3n) is 1.89. The van der Waals surface area contributed by atoms with Gasteiger partial charge in [0.05, 0.1) is 0 Å². The van der Waals surface area contributed by atoms with E-state index >= 15 is 0 Å². The van der Waals surface area contributed by atoms with Crippen LogP contribution in [0, 0.1) is 0 Å². The van der Waals surface area contributed by atoms with Gasteiger partial charge in [-0.15, -0.1) is 0 Å². The standard InChI is InChI=1S/C10H14BrN3O/c11-8-4-3-7-13-9(8)10(15)14-6-2-1-5-12/h3-4,7H,1-2,5-6,12H2,(H,14,15). The van der Waals surface area contributed by atoms with E-state index in [9.17, 15) is 4.79 Å². The van der Waals surface area contributed by atoms with E-state index in [1.807, 2.05) is 0 Å². The van der Waals surface area contributed by atoms with Crippen molar-refractivity contribution in [3.8, 4) is 0 Å². The van der Waals surface area contributed by atoms with Crippen LogP contribution in [0.15, 0.2) is 22.8 Å². The smallest absolute Gasteiger partial charge is 0.271 e. The minimum Gasteiger partial charge on any atom is -0.351 e. The van der Waals surface area contributed by atoms with Crippen molar-refractivity contribution in [1.82, 2.24) is 10.3 Å². The molecule has 0 aromatic carbocycles. The largest absolute Gasteiger partial charge is 0.351 e. The van der Waals surface area contributed by atoms with E-state index in [1.54, 1.807) is 18.3 Å². The zero-order valence-corrected chi connectivity index (χ0v) is 9.96. The number of hydrogen-bond donors (Lipinski definition) is 2. The molecule has 4 nitrogen and oxygen atoms in total. The Bertz CT molecular complexity index is 330. The zero-order chi connectivity index (χ0) is 11.1. The molecule has 0 aliphatic heterocycles. The number of aromatic nitrogens is 1. The van der Waals surface area contributed by atoms with E-state index in [0.29, 0.717) is 23.3 Å². The summed E-state index contributed by atoms with van der Waals surface area (Å²) in [7, 11) is 0. The maximum Gasteiger partial charge on any atom is 0.271 e. The lowest BCUT2D eigenvalue weighted by Gasteiger charge is -2.04. The monoisotopic (exact) mass is 271 g/mol. The van der Waals surface area contributed by atoms with Crippen LogP contribution >= 0.6 is 15.9 Å². The summed E-state index contributed by atoms with van der Waals surface area (Å²) in [4.78, 5) is 15.6. The predicted octanol–water partition coefficient (Wildman–Crippen LogP) is 1.31. The number of nitrogens with zero attached hydrogens (tertiary/aromatic N) is 1. The Hall–Kier alpha value is -0.940. The SMILES string of the molecule is NCCCCNC(=O)c1ncccc1Br. The fraction of sp³-hybridized carbons (Fsp3) is 0.400. The van der Waals surface area contributed by atoms with Crippen LogP contribution in [0.4, 0.5) is 0 Å². The molecule has 3 N–H and O–H groups in total. The minimum atomic E-state index is -0.153. The molecule has 0 aliphatic rings. The first-order valence-corrected chi connectivity index (χ1v) is 5.64. The van der Waals surface area contributed by atoms with E-state index in [2.05, 4.69) is 26.2 Å². The highest BCUT2D eigenvalue weighted by molar-refractivity contribution is 9.10. The van der Waals surface area contributed by atoms with Crippen molar-refractivity contribution in [3.63, 3.8) is 0 Å². The first-order valence-electron chi connectivity index (χ1n) is 4.84. The lowest BCUT2D eigenvalue weighted by molar-refractivity contribution is 0.0947. The Balaban J connectivity index is 2.44. The van der Waals surface area contributed by atoms with Gasteiger partial charge in [0.2, 0.25) is 0 Å². The van der Waals surface area contributed by atoms with Gasteiger partial charge in [0.25, 0.3) is 5.91 Å². The second-order valence-corrected chi connectivity index (χ2v) is 3.94. The molecule has 0 radical (unpaired) electrons. The molecular formula is C10H14BrN3O. The second kappa shape index (κ2) is 6.53. The van der Waals surface area contributed by atoms with Crippen LogP contribution in [0.3, 0.4) is 0 Å². The number of rotatable bonds is 5. The molecule has 0 saturated carbocycles. The lowest BCUT2D eigenvalue weighted by Crippen LogP contribution is -2.26. The summed E-state index contributed by atoms with van der Waals surface area (Å²) < 4.78 is 0.710. The molecule has 1 heterocycles. The number of carbonyl (C=O) groups excluding carboxylic acids is 1. The van der Waals surface area contributed by atoms with Crippen LogP contribution in [-0.4, -0.2) is 24.0 Å². The van der Waals surface area contributed by atoms with Gasteiger partial charge >= 0.3 is 0 Å². The molecular weight excluding hydrogens is 258 g/mol. The Morgan fingerprint density at radius 3 is 3.00 bits per heavy atom. The zero-order valence-electron chi connectivity index (χ0n) is 8.37. The summed E-state index contributed by atoms with van der Waals surface area (Å²) in [5.41, 5.74) is 5.77. The van der Waals surface area contributed by atoms with Gasteiger partial charge in [-0.2, -0.15) is 0 Å². The molecule has 0 saturated heterocycles. The molecule has 82 valence electrons. The Labute approximate surface area is 97.4 Å². The van der Waals surface area contributed by atoms with E-state index in [-0.39, 0.29) is 5.91 Å². The minimum absolute atomic E-state index is 0.153. The molecule has 1 aromatic rings. The maximum atomic E-state index is 11.6. The van der Waals surface area contributed by atoms with Crippen molar-refractivity contribution < 1.29 is 4.79 Å². The first-order chi connectivity index (χ1) is 7.25. The average Bonchev–Trinajstić information content (AvgIpc) is 2.25. The highest BCUT2D eigenvalue weighted by Gasteiger charge is 2.09. The van der Waals surface area contributed by atoms with Crippen molar-refractivity contribution in [3.05, 3.63) is 28.5 Å². The summed E-state index contributed by atoms with van der Waals surface area (Å²) in [5.74, 6) is -0.153. The van der Waals surface area contributed by atoms with Gasteiger partial charge < -0.3 is 11.1 Å². The molecule has 1 aromatic heterocycles. The van der Waals surface area contributed by atoms with Crippen molar-refractivity contribution in [2.45, 2.75) is 12.8 Å². The number of amides is 1. The number of nitrogens with two attached hydrogens (primary N) is 1. The molecule has 0 aliphatic carbocycles. The Morgan fingerprint density at radius 2 is 2.33 bits per heavy atom. The molecule has 15 heavy (non-hydrogen) atoms. The number of nitrogens with one attached hydrogen (secondary N) is 1. The quantitative estimate of drug-likeness (QED) is 0.794. The second-order valence-electron chi connectivity index (χ2n) is 3.09. The highest BCUT2D eigenvalue weighted by Crippen LogP contribution is 2.12. The number of halogens is 1. The van der Waals surface area contributed by atoms with Gasteiger partial charge in [0.15, 0.2) is 0 Å². The van der Waals surface area contributed by atoms with Crippen LogP contribution in [0.25, 0.3) is 0 Å². The van der Waals surface area contributed by atoms with Crippen molar-refractivity contribution in [2.24, 2.45) is 5.73 Å². The average molecular weight is 272 g/mol. The van der Waals surface area contributed by atoms with Gasteiger partial charge in [-0.3, -0.25) is 4.79 Å². The molecule has 5 heteroatoms. The third-order valence-corrected chi connectivity index (χ3v) is 2.53. The van der Waals surface area contributed by atoms with Gasteiger partial charge in [-0.05, 0) is 47.4 Å². The van der Waals surface area contributed by atoms with Crippen LogP contribution < -0.4 is 11.1 Å². The topological polar surface area (TPSA) is 68.0 Å². The number of unbranched alkanes of at least 4 members (excludes halogenated alkanes) is 1. The number of carbonyl (C=O) groups is 1. The predicted molar refractivity (Wildman–Crippen MR) is 62.6 cm³/mol. The molecule has 0 fully saturated rings. The van der Waals surface area contributed by atoms with Crippen LogP contribution in [-0.2, 0) is 0 Å². The van der Waals surface area contributed by atoms with Gasteiger partial charge in [-0.1, -0.05) is 0 Å². The summed E-state index contributed by atoms with van der Waals surface area (Å²) in [6.45, 7) is 1.29. The molecule has 0 atom stereocenters. The van der Waals surface area contributed by atoms with Gasteiger partial charge in [0.1, 0.15) is 5.69 Å². The summed E-state index contributed by atoms with van der Waals surface area (Å²) in [6.07, 6.45) is 3.41. The summed E-state index contributed by atoms with van der Waals surface area (Å²) in [6, 6.07) is 3.57. The first kappa shape index (κ1) is 12.1. The third kappa shape index (κ3) is 3.97. The van der Waals surface area contributed by atoms with E-state index in [4.69, 9.17) is 5.73 Å². The van der Waals surface area contributed by atoms with Crippen molar-refractivity contribution >= 4 is 21.8 Å². The number of hydrogen-bond acceptors (Lipinski definition) is 3. The summed E-state index contributed by atoms with van der Waals surface area (Å²) in [5, 5.41) is 2.79. The number of pyridine rings is 1. The van der Waals surface area contributed by atoms with Crippen LogP contribution in [0.2, 0.25) is 0 Å². The van der Waals surface area contributed by atoms with E-state index < -0.39 is 0 Å². The fourth-order valence-corrected chi connectivity index (χ4v) is 1.54. The highest BCUT2D eigenvalue weighted by atomic mass is 79.9. The molecule has 0 bridgehead atoms. The van der Waals surface area contributed by atoms with Crippen molar-refractivity contribution in [1.29, 1.82) is 0 Å². The van der Waals surface area contributed by atoms with E-state index in [0.717, 1.165) is 12.8 Å². The van der Waals surface area contributed by atoms with Crippen LogP contribution in [0.1, 0.15) is 23.3 Å². The van der Waals surface area contributed by atoms with Crippen LogP contribution in [0.5, 0.6) is 0 Å². The van der Waals surface area contributed by atoms with Crippen molar-refractivity contribution in [2.75, 3.05) is 13.1 Å². The Kier molecular flexibility index (Phi) is 5.28. The molecule has 1 rings (SSSR count). The Morgan fingerprint density at radius 1 is 1.53 bits per heavy atom. The lowest BCUT2D eigenvalue weighted by atomic mass is 10.3.